The van der Waals surface area contributed by atoms with Crippen molar-refractivity contribution in [2.24, 2.45) is 11.0 Å². The zero-order chi connectivity index (χ0) is 15.0. The number of nitrogens with zero attached hydrogens (tertiary/aromatic N) is 7. The summed E-state index contributed by atoms with van der Waals surface area (Å²) in [4.78, 5) is 14.9. The van der Waals surface area contributed by atoms with Gasteiger partial charge in [-0.15, -0.1) is 0 Å². The van der Waals surface area contributed by atoms with E-state index in [4.69, 9.17) is 11.3 Å². The van der Waals surface area contributed by atoms with Crippen molar-refractivity contribution in [3.63, 3.8) is 0 Å². The predicted octanol–water partition coefficient (Wildman–Crippen LogP) is 0.00160. The first kappa shape index (κ1) is 13.6. The average molecular weight is 290 g/mol. The van der Waals surface area contributed by atoms with Crippen LogP contribution >= 0.6 is 0 Å². The number of anilines is 1. The third-order valence-corrected chi connectivity index (χ3v) is 3.94. The number of rotatable bonds is 3. The molecular formula is C11H14N8O2. The van der Waals surface area contributed by atoms with Gasteiger partial charge in [-0.1, -0.05) is 5.11 Å². The Bertz CT molecular complexity index is 709. The zero-order valence-corrected chi connectivity index (χ0v) is 11.0. The molecule has 0 aliphatic heterocycles. The van der Waals surface area contributed by atoms with Crippen molar-refractivity contribution >= 4 is 17.0 Å². The van der Waals surface area contributed by atoms with Crippen LogP contribution in [0.3, 0.4) is 0 Å². The molecule has 2 aromatic heterocycles. The first-order valence-electron chi connectivity index (χ1n) is 6.43. The summed E-state index contributed by atoms with van der Waals surface area (Å²) in [7, 11) is 0. The molecule has 0 aromatic carbocycles. The van der Waals surface area contributed by atoms with Crippen molar-refractivity contribution in [2.45, 2.75) is 24.6 Å². The quantitative estimate of drug-likeness (QED) is 0.410. The van der Waals surface area contributed by atoms with Gasteiger partial charge in [-0.2, -0.15) is 0 Å². The van der Waals surface area contributed by atoms with E-state index in [9.17, 15) is 10.2 Å². The number of aliphatic hydroxyl groups excluding tert-OH is 2. The Morgan fingerprint density at radius 2 is 2.29 bits per heavy atom. The van der Waals surface area contributed by atoms with E-state index in [1.165, 1.54) is 12.7 Å². The average Bonchev–Trinajstić information content (AvgIpc) is 3.03. The first-order valence-corrected chi connectivity index (χ1v) is 6.43. The molecule has 4 unspecified atom stereocenters. The maximum Gasteiger partial charge on any atom is 0.165 e. The van der Waals surface area contributed by atoms with Gasteiger partial charge in [0.05, 0.1) is 24.5 Å². The van der Waals surface area contributed by atoms with Crippen molar-refractivity contribution in [2.75, 3.05) is 12.3 Å². The summed E-state index contributed by atoms with van der Waals surface area (Å²) in [5.41, 5.74) is 15.3. The molecule has 4 N–H and O–H groups in total. The molecule has 1 aliphatic carbocycles. The molecular weight excluding hydrogens is 276 g/mol. The second-order valence-corrected chi connectivity index (χ2v) is 5.01. The van der Waals surface area contributed by atoms with Crippen LogP contribution in [0.2, 0.25) is 0 Å². The lowest BCUT2D eigenvalue weighted by Gasteiger charge is -2.18. The summed E-state index contributed by atoms with van der Waals surface area (Å²) in [5.74, 6) is -0.0472. The summed E-state index contributed by atoms with van der Waals surface area (Å²) < 4.78 is 1.69. The number of azide groups is 1. The number of aliphatic hydroxyl groups is 2. The van der Waals surface area contributed by atoms with E-state index in [-0.39, 0.29) is 18.3 Å². The number of nitrogens with two attached hydrogens (primary N) is 1. The van der Waals surface area contributed by atoms with E-state index in [1.54, 1.807) is 4.57 Å². The molecule has 21 heavy (non-hydrogen) atoms. The summed E-state index contributed by atoms with van der Waals surface area (Å²) in [5, 5.41) is 23.4. The maximum absolute atomic E-state index is 10.4. The van der Waals surface area contributed by atoms with Crippen LogP contribution in [0.25, 0.3) is 21.6 Å². The van der Waals surface area contributed by atoms with Crippen LogP contribution in [0, 0.1) is 5.92 Å². The highest BCUT2D eigenvalue weighted by Crippen LogP contribution is 2.38. The molecule has 0 bridgehead atoms. The highest BCUT2D eigenvalue weighted by Gasteiger charge is 2.43. The van der Waals surface area contributed by atoms with Crippen LogP contribution in [0.1, 0.15) is 12.5 Å². The second kappa shape index (κ2) is 5.17. The molecule has 0 spiro atoms. The van der Waals surface area contributed by atoms with Crippen LogP contribution < -0.4 is 5.73 Å². The standard InChI is InChI=1S/C11H14N8O2/c12-10-8-11(15-3-14-10)19(4-16-8)6-1-5(2-20)7(9(6)21)17-18-13/h3-7,9,20-21H,1-2H2,(H2,12,14,15). The van der Waals surface area contributed by atoms with Gasteiger partial charge in [-0.3, -0.25) is 0 Å². The lowest BCUT2D eigenvalue weighted by molar-refractivity contribution is 0.113. The van der Waals surface area contributed by atoms with Gasteiger partial charge in [-0.25, -0.2) is 15.0 Å². The monoisotopic (exact) mass is 290 g/mol. The van der Waals surface area contributed by atoms with Crippen molar-refractivity contribution in [1.29, 1.82) is 0 Å². The minimum absolute atomic E-state index is 0.166. The molecule has 4 atom stereocenters. The Hall–Kier alpha value is -2.42. The lowest BCUT2D eigenvalue weighted by Crippen LogP contribution is -2.28. The SMILES string of the molecule is [N-]=[N+]=NC1C(CO)CC(n2cnc3c(N)ncnc32)C1O. The van der Waals surface area contributed by atoms with Crippen LogP contribution in [0.5, 0.6) is 0 Å². The molecule has 1 aliphatic rings. The topological polar surface area (TPSA) is 159 Å². The molecule has 10 nitrogen and oxygen atoms in total. The Labute approximate surface area is 118 Å². The smallest absolute Gasteiger partial charge is 0.165 e. The fraction of sp³-hybridized carbons (Fsp3) is 0.545. The minimum Gasteiger partial charge on any atom is -0.396 e. The fourth-order valence-corrected chi connectivity index (χ4v) is 2.89. The van der Waals surface area contributed by atoms with Gasteiger partial charge in [-0.05, 0) is 17.9 Å². The molecule has 3 rings (SSSR count). The predicted molar refractivity (Wildman–Crippen MR) is 72.9 cm³/mol. The van der Waals surface area contributed by atoms with Crippen LogP contribution in [0.15, 0.2) is 17.8 Å². The third kappa shape index (κ3) is 2.05. The normalized spacial score (nSPS) is 28.7. The molecule has 0 amide bonds. The largest absolute Gasteiger partial charge is 0.396 e. The van der Waals surface area contributed by atoms with Gasteiger partial charge in [0.15, 0.2) is 11.5 Å². The van der Waals surface area contributed by atoms with E-state index in [0.717, 1.165) is 0 Å². The number of imidazole rings is 1. The first-order chi connectivity index (χ1) is 10.2. The summed E-state index contributed by atoms with van der Waals surface area (Å²) in [6.07, 6.45) is 2.38. The summed E-state index contributed by atoms with van der Waals surface area (Å²) in [6.45, 7) is -0.166. The van der Waals surface area contributed by atoms with E-state index in [1.807, 2.05) is 0 Å². The molecule has 110 valence electrons. The Morgan fingerprint density at radius 3 is 3.00 bits per heavy atom. The van der Waals surface area contributed by atoms with Gasteiger partial charge in [0.25, 0.3) is 0 Å². The number of hydrogen-bond donors (Lipinski definition) is 3. The Balaban J connectivity index is 2.03. The fourth-order valence-electron chi connectivity index (χ4n) is 2.89. The van der Waals surface area contributed by atoms with Crippen LogP contribution in [-0.2, 0) is 0 Å². The van der Waals surface area contributed by atoms with Gasteiger partial charge >= 0.3 is 0 Å². The summed E-state index contributed by atoms with van der Waals surface area (Å²) >= 11 is 0. The van der Waals surface area contributed by atoms with Gasteiger partial charge in [0, 0.05) is 11.5 Å². The third-order valence-electron chi connectivity index (χ3n) is 3.94. The highest BCUT2D eigenvalue weighted by atomic mass is 16.3. The lowest BCUT2D eigenvalue weighted by atomic mass is 10.1. The van der Waals surface area contributed by atoms with Crippen molar-refractivity contribution in [3.8, 4) is 0 Å². The summed E-state index contributed by atoms with van der Waals surface area (Å²) in [6, 6.07) is -1.07. The van der Waals surface area contributed by atoms with Crippen LogP contribution in [-0.4, -0.2) is 48.5 Å². The van der Waals surface area contributed by atoms with Crippen molar-refractivity contribution in [1.82, 2.24) is 19.5 Å². The van der Waals surface area contributed by atoms with E-state index in [2.05, 4.69) is 25.0 Å². The Kier molecular flexibility index (Phi) is 3.34. The number of fused-ring (bicyclic) bond motifs is 1. The van der Waals surface area contributed by atoms with E-state index < -0.39 is 18.2 Å². The van der Waals surface area contributed by atoms with Crippen molar-refractivity contribution < 1.29 is 10.2 Å². The van der Waals surface area contributed by atoms with Gasteiger partial charge in [0.2, 0.25) is 0 Å². The highest BCUT2D eigenvalue weighted by molar-refractivity contribution is 5.81. The van der Waals surface area contributed by atoms with E-state index in [0.29, 0.717) is 17.6 Å². The molecule has 0 saturated heterocycles. The minimum atomic E-state index is -0.924. The molecule has 1 fully saturated rings. The molecule has 10 heteroatoms. The van der Waals surface area contributed by atoms with Crippen LogP contribution in [0.4, 0.5) is 5.82 Å². The second-order valence-electron chi connectivity index (χ2n) is 5.01. The number of aromatic nitrogens is 4. The van der Waals surface area contributed by atoms with Gasteiger partial charge in [0.1, 0.15) is 11.8 Å². The number of nitrogen functional groups attached to an aromatic ring is 1. The molecule has 0 radical (unpaired) electrons. The Morgan fingerprint density at radius 1 is 1.48 bits per heavy atom. The zero-order valence-electron chi connectivity index (χ0n) is 11.0. The van der Waals surface area contributed by atoms with Gasteiger partial charge < -0.3 is 20.5 Å². The molecule has 2 heterocycles. The number of hydrogen-bond acceptors (Lipinski definition) is 7. The van der Waals surface area contributed by atoms with Crippen molar-refractivity contribution in [3.05, 3.63) is 23.1 Å². The maximum atomic E-state index is 10.4. The molecule has 2 aromatic rings. The van der Waals surface area contributed by atoms with E-state index >= 15 is 0 Å². The molecule has 1 saturated carbocycles.